The maximum Gasteiger partial charge on any atom is 0.336 e. The van der Waals surface area contributed by atoms with Gasteiger partial charge in [-0.2, -0.15) is 0 Å². The third-order valence-corrected chi connectivity index (χ3v) is 4.77. The van der Waals surface area contributed by atoms with Gasteiger partial charge in [0.05, 0.1) is 24.9 Å². The minimum absolute atomic E-state index is 0.0787. The maximum atomic E-state index is 12.0. The number of esters is 1. The van der Waals surface area contributed by atoms with Gasteiger partial charge < -0.3 is 19.3 Å². The molecule has 1 fully saturated rings. The van der Waals surface area contributed by atoms with Crippen molar-refractivity contribution in [2.24, 2.45) is 17.8 Å². The van der Waals surface area contributed by atoms with Gasteiger partial charge in [0, 0.05) is 0 Å². The molecule has 0 aromatic carbocycles. The molecule has 0 bridgehead atoms. The SMILES string of the molecule is C=C(COCCP(=O)(O)O)C(=O)OC1C(C)CC(C)CC1C. The van der Waals surface area contributed by atoms with Crippen molar-refractivity contribution < 1.29 is 28.6 Å². The van der Waals surface area contributed by atoms with Crippen LogP contribution in [-0.4, -0.2) is 41.2 Å². The second-order valence-electron chi connectivity index (χ2n) is 6.45. The van der Waals surface area contributed by atoms with E-state index in [2.05, 4.69) is 27.4 Å². The van der Waals surface area contributed by atoms with Gasteiger partial charge in [0.1, 0.15) is 6.10 Å². The van der Waals surface area contributed by atoms with Gasteiger partial charge in [-0.15, -0.1) is 0 Å². The van der Waals surface area contributed by atoms with Gasteiger partial charge in [0.2, 0.25) is 0 Å². The normalized spacial score (nSPS) is 29.1. The quantitative estimate of drug-likeness (QED) is 0.321. The van der Waals surface area contributed by atoms with Crippen LogP contribution >= 0.6 is 7.60 Å². The molecule has 6 nitrogen and oxygen atoms in total. The van der Waals surface area contributed by atoms with E-state index in [-0.39, 0.29) is 31.1 Å². The van der Waals surface area contributed by atoms with Crippen LogP contribution in [0.3, 0.4) is 0 Å². The summed E-state index contributed by atoms with van der Waals surface area (Å²) in [5.74, 6) is 0.769. The monoisotopic (exact) mass is 334 g/mol. The van der Waals surface area contributed by atoms with Gasteiger partial charge in [-0.3, -0.25) is 4.57 Å². The Labute approximate surface area is 132 Å². The number of carbonyl (C=O) groups excluding carboxylic acids is 1. The van der Waals surface area contributed by atoms with E-state index < -0.39 is 13.6 Å². The van der Waals surface area contributed by atoms with Crippen LogP contribution in [0.4, 0.5) is 0 Å². The van der Waals surface area contributed by atoms with E-state index in [0.29, 0.717) is 17.8 Å². The molecule has 0 aromatic rings. The lowest BCUT2D eigenvalue weighted by Gasteiger charge is -2.37. The minimum Gasteiger partial charge on any atom is -0.458 e. The third kappa shape index (κ3) is 6.61. The van der Waals surface area contributed by atoms with Crippen molar-refractivity contribution in [2.75, 3.05) is 19.4 Å². The summed E-state index contributed by atoms with van der Waals surface area (Å²) in [7, 11) is -4.07. The van der Waals surface area contributed by atoms with Crippen LogP contribution < -0.4 is 0 Å². The van der Waals surface area contributed by atoms with Crippen molar-refractivity contribution in [3.8, 4) is 0 Å². The molecule has 2 atom stereocenters. The molecule has 0 spiro atoms. The Balaban J connectivity index is 2.37. The molecule has 1 aliphatic carbocycles. The number of hydrogen-bond donors (Lipinski definition) is 2. The molecule has 0 saturated heterocycles. The van der Waals surface area contributed by atoms with Crippen LogP contribution in [0.5, 0.6) is 0 Å². The molecule has 0 heterocycles. The molecular formula is C15H27O6P. The van der Waals surface area contributed by atoms with Gasteiger partial charge in [-0.05, 0) is 30.6 Å². The Morgan fingerprint density at radius 1 is 1.23 bits per heavy atom. The summed E-state index contributed by atoms with van der Waals surface area (Å²) in [5, 5.41) is 0. The zero-order valence-electron chi connectivity index (χ0n) is 13.5. The van der Waals surface area contributed by atoms with Crippen molar-refractivity contribution in [1.82, 2.24) is 0 Å². The average Bonchev–Trinajstić information content (AvgIpc) is 2.37. The predicted octanol–water partition coefficient (Wildman–Crippen LogP) is 2.35. The van der Waals surface area contributed by atoms with Gasteiger partial charge in [0.25, 0.3) is 0 Å². The fourth-order valence-corrected chi connectivity index (χ4v) is 3.44. The lowest BCUT2D eigenvalue weighted by atomic mass is 9.75. The molecule has 0 aromatic heterocycles. The van der Waals surface area contributed by atoms with E-state index in [1.54, 1.807) is 0 Å². The van der Waals surface area contributed by atoms with Gasteiger partial charge in [-0.1, -0.05) is 27.4 Å². The van der Waals surface area contributed by atoms with Gasteiger partial charge in [-0.25, -0.2) is 4.79 Å². The third-order valence-electron chi connectivity index (χ3n) is 4.00. The summed E-state index contributed by atoms with van der Waals surface area (Å²) in [6.07, 6.45) is 1.58. The van der Waals surface area contributed by atoms with E-state index in [1.165, 1.54) is 0 Å². The van der Waals surface area contributed by atoms with Crippen molar-refractivity contribution in [3.05, 3.63) is 12.2 Å². The molecule has 22 heavy (non-hydrogen) atoms. The van der Waals surface area contributed by atoms with Crippen molar-refractivity contribution in [1.29, 1.82) is 0 Å². The summed E-state index contributed by atoms with van der Waals surface area (Å²) in [5.41, 5.74) is 0.170. The standard InChI is InChI=1S/C15H27O6P/c1-10-7-11(2)14(12(3)8-10)21-15(16)13(4)9-20-5-6-22(17,18)19/h10-12,14H,4-9H2,1-3H3,(H2,17,18,19). The zero-order valence-corrected chi connectivity index (χ0v) is 14.4. The number of ether oxygens (including phenoxy) is 2. The van der Waals surface area contributed by atoms with Crippen molar-refractivity contribution in [3.63, 3.8) is 0 Å². The fourth-order valence-electron chi connectivity index (χ4n) is 3.07. The first-order valence-corrected chi connectivity index (χ1v) is 9.41. The Morgan fingerprint density at radius 2 is 1.77 bits per heavy atom. The second kappa shape index (κ2) is 8.25. The molecular weight excluding hydrogens is 307 g/mol. The molecule has 1 aliphatic rings. The highest BCUT2D eigenvalue weighted by Gasteiger charge is 2.34. The van der Waals surface area contributed by atoms with Crippen LogP contribution in [0.2, 0.25) is 0 Å². The number of rotatable bonds is 7. The summed E-state index contributed by atoms with van der Waals surface area (Å²) >= 11 is 0. The Kier molecular flexibility index (Phi) is 7.26. The highest BCUT2D eigenvalue weighted by molar-refractivity contribution is 7.51. The first-order valence-electron chi connectivity index (χ1n) is 7.61. The maximum absolute atomic E-state index is 12.0. The summed E-state index contributed by atoms with van der Waals surface area (Å²) in [4.78, 5) is 29.4. The molecule has 2 N–H and O–H groups in total. The van der Waals surface area contributed by atoms with E-state index in [1.807, 2.05) is 0 Å². The molecule has 2 unspecified atom stereocenters. The van der Waals surface area contributed by atoms with Gasteiger partial charge in [0.15, 0.2) is 0 Å². The average molecular weight is 334 g/mol. The molecule has 0 aliphatic heterocycles. The van der Waals surface area contributed by atoms with E-state index in [9.17, 15) is 9.36 Å². The van der Waals surface area contributed by atoms with Crippen LogP contribution in [0.1, 0.15) is 33.6 Å². The van der Waals surface area contributed by atoms with Crippen molar-refractivity contribution >= 4 is 13.6 Å². The van der Waals surface area contributed by atoms with Crippen LogP contribution in [0.25, 0.3) is 0 Å². The van der Waals surface area contributed by atoms with Crippen LogP contribution in [0.15, 0.2) is 12.2 Å². The van der Waals surface area contributed by atoms with E-state index in [4.69, 9.17) is 19.3 Å². The first-order chi connectivity index (χ1) is 10.1. The largest absolute Gasteiger partial charge is 0.458 e. The Morgan fingerprint density at radius 3 is 2.27 bits per heavy atom. The van der Waals surface area contributed by atoms with Gasteiger partial charge >= 0.3 is 13.6 Å². The Bertz CT molecular complexity index is 431. The molecule has 7 heteroatoms. The van der Waals surface area contributed by atoms with E-state index >= 15 is 0 Å². The smallest absolute Gasteiger partial charge is 0.336 e. The van der Waals surface area contributed by atoms with E-state index in [0.717, 1.165) is 12.8 Å². The highest BCUT2D eigenvalue weighted by atomic mass is 31.2. The molecule has 0 amide bonds. The Hall–Kier alpha value is -0.680. The number of hydrogen-bond acceptors (Lipinski definition) is 4. The lowest BCUT2D eigenvalue weighted by molar-refractivity contribution is -0.153. The fraction of sp³-hybridized carbons (Fsp3) is 0.800. The molecule has 1 rings (SSSR count). The molecule has 1 saturated carbocycles. The lowest BCUT2D eigenvalue weighted by Crippen LogP contribution is -2.38. The van der Waals surface area contributed by atoms with Crippen LogP contribution in [0, 0.1) is 17.8 Å². The summed E-state index contributed by atoms with van der Waals surface area (Å²) in [6, 6.07) is 0. The minimum atomic E-state index is -4.07. The molecule has 0 radical (unpaired) electrons. The highest BCUT2D eigenvalue weighted by Crippen LogP contribution is 2.35. The van der Waals surface area contributed by atoms with Crippen LogP contribution in [-0.2, 0) is 18.8 Å². The first kappa shape index (κ1) is 19.4. The molecule has 128 valence electrons. The van der Waals surface area contributed by atoms with Crippen molar-refractivity contribution in [2.45, 2.75) is 39.7 Å². The predicted molar refractivity (Wildman–Crippen MR) is 83.5 cm³/mol. The summed E-state index contributed by atoms with van der Waals surface area (Å²) in [6.45, 7) is 9.81. The zero-order chi connectivity index (χ0) is 16.9. The summed E-state index contributed by atoms with van der Waals surface area (Å²) < 4.78 is 21.3. The second-order valence-corrected chi connectivity index (χ2v) is 8.22. The topological polar surface area (TPSA) is 93.1 Å². The number of carbonyl (C=O) groups is 1.